The van der Waals surface area contributed by atoms with E-state index >= 15 is 0 Å². The highest BCUT2D eigenvalue weighted by Gasteiger charge is 2.16. The number of nitrogens with zero attached hydrogens (tertiary/aromatic N) is 3. The zero-order chi connectivity index (χ0) is 22.9. The van der Waals surface area contributed by atoms with Crippen molar-refractivity contribution >= 4 is 33.6 Å². The zero-order valence-corrected chi connectivity index (χ0v) is 19.1. The minimum absolute atomic E-state index is 0.175. The van der Waals surface area contributed by atoms with E-state index in [9.17, 15) is 9.59 Å². The molecule has 0 bridgehead atoms. The number of fused-ring (bicyclic) bond motifs is 2. The number of benzene rings is 2. The van der Waals surface area contributed by atoms with Crippen LogP contribution in [0, 0.1) is 6.92 Å². The van der Waals surface area contributed by atoms with Gasteiger partial charge in [-0.15, -0.1) is 0 Å². The average Bonchev–Trinajstić information content (AvgIpc) is 2.82. The number of hydrogen-bond donors (Lipinski definition) is 0. The summed E-state index contributed by atoms with van der Waals surface area (Å²) in [4.78, 5) is 34.8. The van der Waals surface area contributed by atoms with Gasteiger partial charge in [0.2, 0.25) is 0 Å². The third kappa shape index (κ3) is 4.07. The second-order valence-electron chi connectivity index (χ2n) is 7.81. The lowest BCUT2D eigenvalue weighted by molar-refractivity contribution is 0.559. The predicted molar refractivity (Wildman–Crippen MR) is 131 cm³/mol. The van der Waals surface area contributed by atoms with Gasteiger partial charge in [-0.05, 0) is 60.4 Å². The summed E-state index contributed by atoms with van der Waals surface area (Å²) in [5.41, 5.74) is 3.56. The molecule has 5 rings (SSSR count). The highest BCUT2D eigenvalue weighted by Crippen LogP contribution is 2.28. The van der Waals surface area contributed by atoms with Crippen LogP contribution in [0.2, 0.25) is 0 Å². The Balaban J connectivity index is 1.63. The van der Waals surface area contributed by atoms with Crippen molar-refractivity contribution in [1.29, 1.82) is 0 Å². The van der Waals surface area contributed by atoms with E-state index in [1.54, 1.807) is 16.8 Å². The van der Waals surface area contributed by atoms with Crippen molar-refractivity contribution in [2.45, 2.75) is 31.2 Å². The molecule has 0 atom stereocenters. The third-order valence-corrected chi connectivity index (χ3v) is 6.52. The molecular formula is C26H21N3O3S. The predicted octanol–water partition coefficient (Wildman–Crippen LogP) is 5.05. The quantitative estimate of drug-likeness (QED) is 0.210. The first-order valence-corrected chi connectivity index (χ1v) is 11.7. The maximum absolute atomic E-state index is 13.4. The van der Waals surface area contributed by atoms with Crippen molar-refractivity contribution < 1.29 is 4.42 Å². The average molecular weight is 456 g/mol. The Morgan fingerprint density at radius 1 is 1.00 bits per heavy atom. The van der Waals surface area contributed by atoms with Gasteiger partial charge in [0, 0.05) is 23.4 Å². The first-order chi connectivity index (χ1) is 16.0. The van der Waals surface area contributed by atoms with E-state index in [0.717, 1.165) is 28.5 Å². The lowest BCUT2D eigenvalue weighted by Crippen LogP contribution is -2.22. The van der Waals surface area contributed by atoms with E-state index in [1.807, 2.05) is 55.5 Å². The van der Waals surface area contributed by atoms with Crippen molar-refractivity contribution in [2.75, 3.05) is 0 Å². The first kappa shape index (κ1) is 21.2. The largest absolute Gasteiger partial charge is 0.423 e. The van der Waals surface area contributed by atoms with E-state index in [-0.39, 0.29) is 5.56 Å². The van der Waals surface area contributed by atoms with E-state index in [4.69, 9.17) is 9.40 Å². The number of pyridine rings is 1. The monoisotopic (exact) mass is 455 g/mol. The number of thioether (sulfide) groups is 1. The first-order valence-electron chi connectivity index (χ1n) is 10.7. The number of para-hydroxylation sites is 1. The standard InChI is InChI=1S/C26H21N3O3S/c1-3-17-8-9-19-18(14-24(30)32-22(19)13-17)15-33-26-28-21-7-5-4-6-20(21)25(31)29(26)23-12-16(2)10-11-27-23/h4-14H,3,15H2,1-2H3. The molecule has 0 aliphatic heterocycles. The molecule has 3 heterocycles. The van der Waals surface area contributed by atoms with Crippen LogP contribution in [0.5, 0.6) is 0 Å². The maximum Gasteiger partial charge on any atom is 0.336 e. The third-order valence-electron chi connectivity index (χ3n) is 5.53. The number of aryl methyl sites for hydroxylation is 2. The molecule has 33 heavy (non-hydrogen) atoms. The number of hydrogen-bond acceptors (Lipinski definition) is 6. The van der Waals surface area contributed by atoms with Crippen LogP contribution in [0.15, 0.2) is 86.0 Å². The lowest BCUT2D eigenvalue weighted by atomic mass is 10.1. The van der Waals surface area contributed by atoms with Crippen LogP contribution >= 0.6 is 11.8 Å². The Bertz CT molecular complexity index is 1620. The second kappa shape index (κ2) is 8.67. The summed E-state index contributed by atoms with van der Waals surface area (Å²) in [7, 11) is 0. The van der Waals surface area contributed by atoms with Crippen LogP contribution < -0.4 is 11.2 Å². The smallest absolute Gasteiger partial charge is 0.336 e. The van der Waals surface area contributed by atoms with Crippen LogP contribution in [-0.4, -0.2) is 14.5 Å². The van der Waals surface area contributed by atoms with Gasteiger partial charge in [0.15, 0.2) is 5.16 Å². The van der Waals surface area contributed by atoms with Crippen LogP contribution in [0.4, 0.5) is 0 Å². The molecule has 0 unspecified atom stereocenters. The van der Waals surface area contributed by atoms with Gasteiger partial charge in [0.1, 0.15) is 11.4 Å². The molecule has 0 aliphatic rings. The van der Waals surface area contributed by atoms with Crippen LogP contribution in [0.3, 0.4) is 0 Å². The summed E-state index contributed by atoms with van der Waals surface area (Å²) < 4.78 is 6.98. The van der Waals surface area contributed by atoms with E-state index in [2.05, 4.69) is 11.9 Å². The molecule has 2 aromatic carbocycles. The zero-order valence-electron chi connectivity index (χ0n) is 18.2. The molecule has 0 aliphatic carbocycles. The molecule has 0 N–H and O–H groups in total. The summed E-state index contributed by atoms with van der Waals surface area (Å²) in [6.07, 6.45) is 2.54. The Kier molecular flexibility index (Phi) is 5.56. The molecule has 3 aromatic heterocycles. The summed E-state index contributed by atoms with van der Waals surface area (Å²) >= 11 is 1.39. The minimum atomic E-state index is -0.393. The van der Waals surface area contributed by atoms with Gasteiger partial charge in [-0.2, -0.15) is 0 Å². The fraction of sp³-hybridized carbons (Fsp3) is 0.154. The highest BCUT2D eigenvalue weighted by atomic mass is 32.2. The van der Waals surface area contributed by atoms with Gasteiger partial charge in [0.25, 0.3) is 5.56 Å². The Morgan fingerprint density at radius 2 is 1.85 bits per heavy atom. The van der Waals surface area contributed by atoms with Crippen molar-refractivity contribution in [3.63, 3.8) is 0 Å². The fourth-order valence-electron chi connectivity index (χ4n) is 3.81. The van der Waals surface area contributed by atoms with Gasteiger partial charge in [-0.25, -0.2) is 19.3 Å². The molecule has 0 spiro atoms. The molecule has 0 amide bonds. The molecule has 0 fully saturated rings. The van der Waals surface area contributed by atoms with Crippen molar-refractivity contribution in [3.8, 4) is 5.82 Å². The number of rotatable bonds is 5. The molecule has 0 saturated carbocycles. The van der Waals surface area contributed by atoms with E-state index < -0.39 is 5.63 Å². The molecule has 164 valence electrons. The summed E-state index contributed by atoms with van der Waals surface area (Å²) in [6.45, 7) is 4.01. The van der Waals surface area contributed by atoms with Crippen LogP contribution in [-0.2, 0) is 12.2 Å². The molecular weight excluding hydrogens is 434 g/mol. The van der Waals surface area contributed by atoms with E-state index in [0.29, 0.717) is 33.2 Å². The van der Waals surface area contributed by atoms with Gasteiger partial charge in [-0.3, -0.25) is 4.79 Å². The summed E-state index contributed by atoms with van der Waals surface area (Å²) in [5, 5.41) is 1.93. The summed E-state index contributed by atoms with van der Waals surface area (Å²) in [6, 6.07) is 18.5. The van der Waals surface area contributed by atoms with Gasteiger partial charge in [0.05, 0.1) is 10.9 Å². The Morgan fingerprint density at radius 3 is 2.67 bits per heavy atom. The molecule has 5 aromatic rings. The van der Waals surface area contributed by atoms with Crippen LogP contribution in [0.25, 0.3) is 27.7 Å². The van der Waals surface area contributed by atoms with Crippen molar-refractivity contribution in [1.82, 2.24) is 14.5 Å². The summed E-state index contributed by atoms with van der Waals surface area (Å²) in [5.74, 6) is 0.968. The second-order valence-corrected chi connectivity index (χ2v) is 8.75. The highest BCUT2D eigenvalue weighted by molar-refractivity contribution is 7.98. The fourth-order valence-corrected chi connectivity index (χ4v) is 4.80. The maximum atomic E-state index is 13.4. The minimum Gasteiger partial charge on any atom is -0.423 e. The molecule has 7 heteroatoms. The van der Waals surface area contributed by atoms with Crippen molar-refractivity contribution in [3.05, 3.63) is 104 Å². The number of aromatic nitrogens is 3. The van der Waals surface area contributed by atoms with E-state index in [1.165, 1.54) is 17.8 Å². The Hall–Kier alpha value is -3.71. The van der Waals surface area contributed by atoms with Gasteiger partial charge in [-0.1, -0.05) is 43.0 Å². The Labute approximate surface area is 193 Å². The van der Waals surface area contributed by atoms with Crippen LogP contribution in [0.1, 0.15) is 23.6 Å². The van der Waals surface area contributed by atoms with Gasteiger partial charge < -0.3 is 4.42 Å². The molecule has 0 saturated heterocycles. The van der Waals surface area contributed by atoms with Crippen molar-refractivity contribution in [2.24, 2.45) is 0 Å². The topological polar surface area (TPSA) is 78.0 Å². The van der Waals surface area contributed by atoms with Gasteiger partial charge >= 0.3 is 5.63 Å². The SMILES string of the molecule is CCc1ccc2c(CSc3nc4ccccc4c(=O)n3-c3cc(C)ccn3)cc(=O)oc2c1. The molecule has 0 radical (unpaired) electrons. The molecule has 6 nitrogen and oxygen atoms in total. The normalized spacial score (nSPS) is 11.3. The lowest BCUT2D eigenvalue weighted by Gasteiger charge is -2.13.